The van der Waals surface area contributed by atoms with Crippen molar-refractivity contribution < 1.29 is 18.8 Å². The minimum atomic E-state index is -0.407. The number of aryl methyl sites for hydroxylation is 1. The summed E-state index contributed by atoms with van der Waals surface area (Å²) >= 11 is 0. The molecule has 1 heterocycles. The first kappa shape index (κ1) is 20.5. The lowest BCUT2D eigenvalue weighted by molar-refractivity contribution is -0.133. The van der Waals surface area contributed by atoms with Gasteiger partial charge in [-0.15, -0.1) is 0 Å². The Morgan fingerprint density at radius 3 is 2.28 bits per heavy atom. The van der Waals surface area contributed by atoms with Crippen LogP contribution in [0.5, 0.6) is 0 Å². The van der Waals surface area contributed by atoms with Crippen LogP contribution in [-0.2, 0) is 16.0 Å². The van der Waals surface area contributed by atoms with Crippen LogP contribution >= 0.6 is 0 Å². The van der Waals surface area contributed by atoms with Crippen LogP contribution in [0.2, 0.25) is 0 Å². The molecule has 0 atom stereocenters. The molecule has 1 aliphatic heterocycles. The van der Waals surface area contributed by atoms with Crippen molar-refractivity contribution in [3.05, 3.63) is 71.0 Å². The van der Waals surface area contributed by atoms with Crippen LogP contribution in [0.25, 0.3) is 0 Å². The lowest BCUT2D eigenvalue weighted by Crippen LogP contribution is -2.52. The van der Waals surface area contributed by atoms with E-state index in [0.29, 0.717) is 37.3 Å². The summed E-state index contributed by atoms with van der Waals surface area (Å²) in [5, 5.41) is 2.65. The van der Waals surface area contributed by atoms with E-state index in [1.54, 1.807) is 28.9 Å². The molecule has 0 spiro atoms. The second-order valence-electron chi connectivity index (χ2n) is 7.08. The minimum absolute atomic E-state index is 0.0667. The lowest BCUT2D eigenvalue weighted by atomic mass is 10.1. The number of carbonyl (C=O) groups excluding carboxylic acids is 3. The molecular formula is C22H24FN3O3. The van der Waals surface area contributed by atoms with Gasteiger partial charge in [0.25, 0.3) is 5.91 Å². The van der Waals surface area contributed by atoms with Crippen molar-refractivity contribution in [3.8, 4) is 0 Å². The fraction of sp³-hybridized carbons (Fsp3) is 0.318. The number of halogens is 1. The summed E-state index contributed by atoms with van der Waals surface area (Å²) in [6.07, 6.45) is 0.226. The number of hydrogen-bond donors (Lipinski definition) is 1. The number of amides is 3. The Balaban J connectivity index is 1.44. The molecule has 0 radical (unpaired) electrons. The van der Waals surface area contributed by atoms with Crippen molar-refractivity contribution in [1.29, 1.82) is 0 Å². The average molecular weight is 397 g/mol. The Morgan fingerprint density at radius 2 is 1.62 bits per heavy atom. The maximum Gasteiger partial charge on any atom is 0.254 e. The molecule has 6 nitrogen and oxygen atoms in total. The molecule has 1 fully saturated rings. The summed E-state index contributed by atoms with van der Waals surface area (Å²) in [6.45, 7) is 3.09. The monoisotopic (exact) mass is 397 g/mol. The zero-order valence-electron chi connectivity index (χ0n) is 16.4. The fourth-order valence-corrected chi connectivity index (χ4v) is 3.20. The van der Waals surface area contributed by atoms with E-state index in [0.717, 1.165) is 5.56 Å². The minimum Gasteiger partial charge on any atom is -0.347 e. The Kier molecular flexibility index (Phi) is 6.59. The zero-order chi connectivity index (χ0) is 20.8. The molecule has 0 bridgehead atoms. The van der Waals surface area contributed by atoms with Crippen LogP contribution in [0.3, 0.4) is 0 Å². The van der Waals surface area contributed by atoms with Gasteiger partial charge in [-0.05, 0) is 30.2 Å². The van der Waals surface area contributed by atoms with Crippen LogP contribution in [0.4, 0.5) is 4.39 Å². The van der Waals surface area contributed by atoms with Gasteiger partial charge in [0.05, 0.1) is 13.0 Å². The lowest BCUT2D eigenvalue weighted by Gasteiger charge is -2.35. The van der Waals surface area contributed by atoms with Crippen molar-refractivity contribution in [2.75, 3.05) is 32.7 Å². The van der Waals surface area contributed by atoms with E-state index in [9.17, 15) is 18.8 Å². The molecular weight excluding hydrogens is 373 g/mol. The number of rotatable bonds is 5. The van der Waals surface area contributed by atoms with E-state index >= 15 is 0 Å². The predicted octanol–water partition coefficient (Wildman–Crippen LogP) is 1.78. The molecule has 0 unspecified atom stereocenters. The Bertz CT molecular complexity index is 893. The summed E-state index contributed by atoms with van der Waals surface area (Å²) in [4.78, 5) is 40.1. The van der Waals surface area contributed by atoms with Gasteiger partial charge in [0.1, 0.15) is 5.82 Å². The Morgan fingerprint density at radius 1 is 0.966 bits per heavy atom. The summed E-state index contributed by atoms with van der Waals surface area (Å²) in [6, 6.07) is 13.8. The smallest absolute Gasteiger partial charge is 0.254 e. The molecule has 3 amide bonds. The van der Waals surface area contributed by atoms with Crippen LogP contribution < -0.4 is 5.32 Å². The van der Waals surface area contributed by atoms with Crippen LogP contribution in [0, 0.1) is 12.7 Å². The number of benzene rings is 2. The van der Waals surface area contributed by atoms with E-state index in [4.69, 9.17) is 0 Å². The van der Waals surface area contributed by atoms with Crippen molar-refractivity contribution in [1.82, 2.24) is 15.1 Å². The van der Waals surface area contributed by atoms with Crippen LogP contribution in [-0.4, -0.2) is 60.2 Å². The van der Waals surface area contributed by atoms with E-state index in [1.807, 2.05) is 30.3 Å². The van der Waals surface area contributed by atoms with Gasteiger partial charge in [0.2, 0.25) is 11.8 Å². The second kappa shape index (κ2) is 9.32. The molecule has 2 aromatic rings. The first-order valence-corrected chi connectivity index (χ1v) is 9.58. The van der Waals surface area contributed by atoms with Crippen molar-refractivity contribution >= 4 is 17.7 Å². The fourth-order valence-electron chi connectivity index (χ4n) is 3.20. The molecule has 3 rings (SSSR count). The number of piperazine rings is 1. The largest absolute Gasteiger partial charge is 0.347 e. The first-order chi connectivity index (χ1) is 13.9. The molecule has 0 aliphatic carbocycles. The summed E-state index contributed by atoms with van der Waals surface area (Å²) < 4.78 is 13.7. The second-order valence-corrected chi connectivity index (χ2v) is 7.08. The number of nitrogens with one attached hydrogen (secondary N) is 1. The Hall–Kier alpha value is -3.22. The molecule has 1 aliphatic rings. The third-order valence-corrected chi connectivity index (χ3v) is 4.98. The molecule has 0 aromatic heterocycles. The maximum absolute atomic E-state index is 13.7. The van der Waals surface area contributed by atoms with E-state index in [2.05, 4.69) is 5.32 Å². The highest BCUT2D eigenvalue weighted by atomic mass is 19.1. The van der Waals surface area contributed by atoms with Gasteiger partial charge < -0.3 is 15.1 Å². The molecule has 0 saturated carbocycles. The highest BCUT2D eigenvalue weighted by Crippen LogP contribution is 2.13. The van der Waals surface area contributed by atoms with Gasteiger partial charge in [-0.3, -0.25) is 14.4 Å². The van der Waals surface area contributed by atoms with Gasteiger partial charge >= 0.3 is 0 Å². The zero-order valence-corrected chi connectivity index (χ0v) is 16.4. The topological polar surface area (TPSA) is 69.7 Å². The normalized spacial score (nSPS) is 13.9. The molecule has 2 aromatic carbocycles. The SMILES string of the molecule is Cc1ccc(C(=O)N2CCN(C(=O)CNC(=O)Cc3ccccc3)CC2)cc1F. The third-order valence-electron chi connectivity index (χ3n) is 4.98. The van der Waals surface area contributed by atoms with Gasteiger partial charge in [-0.1, -0.05) is 36.4 Å². The summed E-state index contributed by atoms with van der Waals surface area (Å²) in [5.74, 6) is -1.04. The summed E-state index contributed by atoms with van der Waals surface area (Å²) in [7, 11) is 0. The third kappa shape index (κ3) is 5.40. The molecule has 1 saturated heterocycles. The van der Waals surface area contributed by atoms with Gasteiger partial charge in [0, 0.05) is 31.7 Å². The number of hydrogen-bond acceptors (Lipinski definition) is 3. The molecule has 152 valence electrons. The van der Waals surface area contributed by atoms with E-state index in [1.165, 1.54) is 6.07 Å². The summed E-state index contributed by atoms with van der Waals surface area (Å²) in [5.41, 5.74) is 1.68. The number of carbonyl (C=O) groups is 3. The van der Waals surface area contributed by atoms with E-state index in [-0.39, 0.29) is 30.7 Å². The van der Waals surface area contributed by atoms with E-state index < -0.39 is 5.82 Å². The van der Waals surface area contributed by atoms with Crippen molar-refractivity contribution in [3.63, 3.8) is 0 Å². The Labute approximate surface area is 169 Å². The highest BCUT2D eigenvalue weighted by molar-refractivity contribution is 5.94. The van der Waals surface area contributed by atoms with Crippen molar-refractivity contribution in [2.45, 2.75) is 13.3 Å². The van der Waals surface area contributed by atoms with Crippen LogP contribution in [0.15, 0.2) is 48.5 Å². The van der Waals surface area contributed by atoms with Crippen molar-refractivity contribution in [2.24, 2.45) is 0 Å². The van der Waals surface area contributed by atoms with Gasteiger partial charge in [0.15, 0.2) is 0 Å². The first-order valence-electron chi connectivity index (χ1n) is 9.58. The maximum atomic E-state index is 13.7. The highest BCUT2D eigenvalue weighted by Gasteiger charge is 2.25. The van der Waals surface area contributed by atoms with Gasteiger partial charge in [-0.2, -0.15) is 0 Å². The average Bonchev–Trinajstić information content (AvgIpc) is 2.74. The van der Waals surface area contributed by atoms with Crippen LogP contribution in [0.1, 0.15) is 21.5 Å². The molecule has 7 heteroatoms. The quantitative estimate of drug-likeness (QED) is 0.836. The standard InChI is InChI=1S/C22H24FN3O3/c1-16-7-8-18(14-19(16)23)22(29)26-11-9-25(10-12-26)21(28)15-24-20(27)13-17-5-3-2-4-6-17/h2-8,14H,9-13,15H2,1H3,(H,24,27). The molecule has 1 N–H and O–H groups in total. The van der Waals surface area contributed by atoms with Gasteiger partial charge in [-0.25, -0.2) is 4.39 Å². The number of nitrogens with zero attached hydrogens (tertiary/aromatic N) is 2. The molecule has 29 heavy (non-hydrogen) atoms. The predicted molar refractivity (Wildman–Crippen MR) is 107 cm³/mol.